The van der Waals surface area contributed by atoms with Gasteiger partial charge in [0.05, 0.1) is 0 Å². The standard InChI is InChI=1S/C22H26N2O/c1-17-8-9-18(2)21(14-17)22(25)10-11-23-20-7-5-6-19(15-20)16-24-12-3-4-13-24/h5-11,14-15,23H,3-4,12-13,16H2,1-2H3/b11-10+. The van der Waals surface area contributed by atoms with Crippen LogP contribution in [0.5, 0.6) is 0 Å². The van der Waals surface area contributed by atoms with Gasteiger partial charge < -0.3 is 5.32 Å². The van der Waals surface area contributed by atoms with Crippen LogP contribution in [-0.2, 0) is 6.54 Å². The molecule has 1 saturated heterocycles. The number of hydrogen-bond acceptors (Lipinski definition) is 3. The van der Waals surface area contributed by atoms with Crippen molar-refractivity contribution >= 4 is 11.5 Å². The Bertz CT molecular complexity index is 773. The number of rotatable bonds is 6. The third-order valence-electron chi connectivity index (χ3n) is 4.68. The molecule has 0 atom stereocenters. The molecule has 2 aromatic carbocycles. The minimum atomic E-state index is 0.0296. The lowest BCUT2D eigenvalue weighted by Gasteiger charge is -2.15. The Balaban J connectivity index is 1.61. The number of hydrogen-bond donors (Lipinski definition) is 1. The largest absolute Gasteiger partial charge is 0.362 e. The molecule has 0 amide bonds. The van der Waals surface area contributed by atoms with Gasteiger partial charge in [0.2, 0.25) is 0 Å². The zero-order valence-electron chi connectivity index (χ0n) is 15.1. The first-order valence-electron chi connectivity index (χ1n) is 8.98. The molecule has 0 spiro atoms. The number of nitrogens with one attached hydrogen (secondary N) is 1. The van der Waals surface area contributed by atoms with E-state index in [0.717, 1.165) is 28.9 Å². The van der Waals surface area contributed by atoms with Crippen LogP contribution in [0.2, 0.25) is 0 Å². The molecule has 0 unspecified atom stereocenters. The molecule has 1 fully saturated rings. The maximum absolute atomic E-state index is 12.4. The van der Waals surface area contributed by atoms with E-state index in [-0.39, 0.29) is 5.78 Å². The van der Waals surface area contributed by atoms with Gasteiger partial charge in [0, 0.05) is 30.1 Å². The van der Waals surface area contributed by atoms with Crippen LogP contribution < -0.4 is 5.32 Å². The maximum atomic E-state index is 12.4. The van der Waals surface area contributed by atoms with Crippen LogP contribution in [0.25, 0.3) is 0 Å². The summed E-state index contributed by atoms with van der Waals surface area (Å²) in [4.78, 5) is 14.9. The summed E-state index contributed by atoms with van der Waals surface area (Å²) in [5.74, 6) is 0.0296. The van der Waals surface area contributed by atoms with Gasteiger partial charge in [-0.25, -0.2) is 0 Å². The van der Waals surface area contributed by atoms with Crippen LogP contribution in [0.1, 0.15) is 39.9 Å². The van der Waals surface area contributed by atoms with E-state index < -0.39 is 0 Å². The Morgan fingerprint density at radius 1 is 1.12 bits per heavy atom. The lowest BCUT2D eigenvalue weighted by atomic mass is 10.0. The Morgan fingerprint density at radius 2 is 1.92 bits per heavy atom. The molecule has 1 aliphatic heterocycles. The molecule has 3 nitrogen and oxygen atoms in total. The Morgan fingerprint density at radius 3 is 2.72 bits per heavy atom. The third kappa shape index (κ3) is 4.80. The second kappa shape index (κ2) is 8.13. The van der Waals surface area contributed by atoms with Crippen LogP contribution in [-0.4, -0.2) is 23.8 Å². The van der Waals surface area contributed by atoms with E-state index in [2.05, 4.69) is 28.4 Å². The van der Waals surface area contributed by atoms with E-state index in [1.165, 1.54) is 31.5 Å². The number of aryl methyl sites for hydroxylation is 2. The zero-order valence-corrected chi connectivity index (χ0v) is 15.1. The van der Waals surface area contributed by atoms with E-state index in [1.807, 2.05) is 38.1 Å². The minimum Gasteiger partial charge on any atom is -0.362 e. The van der Waals surface area contributed by atoms with E-state index in [0.29, 0.717) is 0 Å². The van der Waals surface area contributed by atoms with E-state index >= 15 is 0 Å². The van der Waals surface area contributed by atoms with E-state index in [9.17, 15) is 4.79 Å². The van der Waals surface area contributed by atoms with Crippen LogP contribution in [0.3, 0.4) is 0 Å². The number of benzene rings is 2. The summed E-state index contributed by atoms with van der Waals surface area (Å²) >= 11 is 0. The fourth-order valence-corrected chi connectivity index (χ4v) is 3.26. The van der Waals surface area contributed by atoms with E-state index in [1.54, 1.807) is 12.3 Å². The number of nitrogens with zero attached hydrogens (tertiary/aromatic N) is 1. The molecule has 0 saturated carbocycles. The highest BCUT2D eigenvalue weighted by molar-refractivity contribution is 6.05. The Hall–Kier alpha value is -2.39. The summed E-state index contributed by atoms with van der Waals surface area (Å²) in [6, 6.07) is 14.4. The molecular formula is C22H26N2O. The van der Waals surface area contributed by atoms with Gasteiger partial charge in [0.1, 0.15) is 0 Å². The van der Waals surface area contributed by atoms with Gasteiger partial charge in [-0.1, -0.05) is 29.8 Å². The van der Waals surface area contributed by atoms with Crippen LogP contribution in [0.4, 0.5) is 5.69 Å². The molecule has 130 valence electrons. The van der Waals surface area contributed by atoms with Crippen molar-refractivity contribution in [2.24, 2.45) is 0 Å². The SMILES string of the molecule is Cc1ccc(C)c(C(=O)/C=C/Nc2cccc(CN3CCCC3)c2)c1. The first kappa shape index (κ1) is 17.4. The summed E-state index contributed by atoms with van der Waals surface area (Å²) in [5.41, 5.74) is 5.20. The smallest absolute Gasteiger partial charge is 0.187 e. The molecule has 0 aliphatic carbocycles. The lowest BCUT2D eigenvalue weighted by Crippen LogP contribution is -2.18. The van der Waals surface area contributed by atoms with Crippen molar-refractivity contribution in [1.82, 2.24) is 4.90 Å². The second-order valence-corrected chi connectivity index (χ2v) is 6.84. The molecule has 25 heavy (non-hydrogen) atoms. The predicted octanol–water partition coefficient (Wildman–Crippen LogP) is 4.71. The van der Waals surface area contributed by atoms with Gasteiger partial charge in [0.25, 0.3) is 0 Å². The van der Waals surface area contributed by atoms with Crippen LogP contribution >= 0.6 is 0 Å². The number of carbonyl (C=O) groups excluding carboxylic acids is 1. The molecular weight excluding hydrogens is 308 g/mol. The van der Waals surface area contributed by atoms with Gasteiger partial charge in [-0.05, 0) is 69.1 Å². The van der Waals surface area contributed by atoms with Gasteiger partial charge in [-0.2, -0.15) is 0 Å². The predicted molar refractivity (Wildman–Crippen MR) is 104 cm³/mol. The average Bonchev–Trinajstić information content (AvgIpc) is 3.10. The molecule has 1 N–H and O–H groups in total. The first-order chi connectivity index (χ1) is 12.1. The molecule has 0 radical (unpaired) electrons. The highest BCUT2D eigenvalue weighted by Gasteiger charge is 2.11. The number of likely N-dealkylation sites (tertiary alicyclic amines) is 1. The second-order valence-electron chi connectivity index (χ2n) is 6.84. The van der Waals surface area contributed by atoms with Crippen molar-refractivity contribution in [3.8, 4) is 0 Å². The third-order valence-corrected chi connectivity index (χ3v) is 4.68. The van der Waals surface area contributed by atoms with Crippen molar-refractivity contribution in [1.29, 1.82) is 0 Å². The Labute approximate surface area is 150 Å². The van der Waals surface area contributed by atoms with Gasteiger partial charge in [-0.3, -0.25) is 9.69 Å². The van der Waals surface area contributed by atoms with Crippen molar-refractivity contribution in [3.05, 3.63) is 77.0 Å². The monoisotopic (exact) mass is 334 g/mol. The minimum absolute atomic E-state index is 0.0296. The van der Waals surface area contributed by atoms with Crippen molar-refractivity contribution < 1.29 is 4.79 Å². The molecule has 1 aliphatic rings. The number of carbonyl (C=O) groups is 1. The Kier molecular flexibility index (Phi) is 5.67. The van der Waals surface area contributed by atoms with Crippen LogP contribution in [0, 0.1) is 13.8 Å². The highest BCUT2D eigenvalue weighted by Crippen LogP contribution is 2.16. The first-order valence-corrected chi connectivity index (χ1v) is 8.98. The summed E-state index contributed by atoms with van der Waals surface area (Å²) in [7, 11) is 0. The fourth-order valence-electron chi connectivity index (χ4n) is 3.26. The van der Waals surface area contributed by atoms with Crippen molar-refractivity contribution in [3.63, 3.8) is 0 Å². The van der Waals surface area contributed by atoms with Crippen molar-refractivity contribution in [2.75, 3.05) is 18.4 Å². The number of allylic oxidation sites excluding steroid dienone is 1. The van der Waals surface area contributed by atoms with Crippen LogP contribution in [0.15, 0.2) is 54.7 Å². The number of anilines is 1. The molecule has 1 heterocycles. The molecule has 2 aromatic rings. The van der Waals surface area contributed by atoms with Gasteiger partial charge in [0.15, 0.2) is 5.78 Å². The molecule has 3 heteroatoms. The fraction of sp³-hybridized carbons (Fsp3) is 0.318. The summed E-state index contributed by atoms with van der Waals surface area (Å²) in [6.07, 6.45) is 5.95. The summed E-state index contributed by atoms with van der Waals surface area (Å²) in [5, 5.41) is 3.22. The van der Waals surface area contributed by atoms with Gasteiger partial charge in [-0.15, -0.1) is 0 Å². The summed E-state index contributed by atoms with van der Waals surface area (Å²) < 4.78 is 0. The lowest BCUT2D eigenvalue weighted by molar-refractivity contribution is 0.104. The normalized spacial score (nSPS) is 15.0. The zero-order chi connectivity index (χ0) is 17.6. The highest BCUT2D eigenvalue weighted by atomic mass is 16.1. The molecule has 3 rings (SSSR count). The number of ketones is 1. The molecule has 0 aromatic heterocycles. The average molecular weight is 334 g/mol. The molecule has 0 bridgehead atoms. The van der Waals surface area contributed by atoms with E-state index in [4.69, 9.17) is 0 Å². The van der Waals surface area contributed by atoms with Crippen molar-refractivity contribution in [2.45, 2.75) is 33.2 Å². The van der Waals surface area contributed by atoms with Gasteiger partial charge >= 0.3 is 0 Å². The topological polar surface area (TPSA) is 32.3 Å². The summed E-state index contributed by atoms with van der Waals surface area (Å²) in [6.45, 7) is 7.37. The maximum Gasteiger partial charge on any atom is 0.187 e. The quantitative estimate of drug-likeness (QED) is 0.613.